The van der Waals surface area contributed by atoms with Gasteiger partial charge in [-0.05, 0) is 45.1 Å². The van der Waals surface area contributed by atoms with E-state index in [0.29, 0.717) is 6.07 Å². The van der Waals surface area contributed by atoms with Gasteiger partial charge in [0.2, 0.25) is 0 Å². The van der Waals surface area contributed by atoms with Gasteiger partial charge in [-0.2, -0.15) is 0 Å². The van der Waals surface area contributed by atoms with E-state index in [2.05, 4.69) is 22.2 Å². The summed E-state index contributed by atoms with van der Waals surface area (Å²) in [5, 5.41) is 4.23. The maximum Gasteiger partial charge on any atom is 0.273 e. The summed E-state index contributed by atoms with van der Waals surface area (Å²) in [6.07, 6.45) is 1.80. The Morgan fingerprint density at radius 2 is 1.85 bits per heavy atom. The van der Waals surface area contributed by atoms with E-state index in [1.165, 1.54) is 0 Å². The maximum atomic E-state index is 13.2. The van der Waals surface area contributed by atoms with Crippen LogP contribution in [0.25, 0.3) is 0 Å². The van der Waals surface area contributed by atoms with Crippen molar-refractivity contribution in [3.63, 3.8) is 0 Å². The van der Waals surface area contributed by atoms with E-state index in [0.717, 1.165) is 49.4 Å². The molecule has 3 rings (SSSR count). The number of aromatic nitrogens is 1. The second kappa shape index (κ2) is 8.10. The van der Waals surface area contributed by atoms with Crippen molar-refractivity contribution in [1.82, 2.24) is 14.8 Å². The number of piperidine rings is 1. The lowest BCUT2D eigenvalue weighted by atomic mass is 10.0. The number of benzene rings is 1. The third-order valence-electron chi connectivity index (χ3n) is 4.62. The maximum absolute atomic E-state index is 13.2. The van der Waals surface area contributed by atoms with Crippen molar-refractivity contribution in [3.8, 4) is 0 Å². The van der Waals surface area contributed by atoms with E-state index >= 15 is 0 Å². The molecule has 6 nitrogen and oxygen atoms in total. The average molecular weight is 394 g/mol. The van der Waals surface area contributed by atoms with Crippen LogP contribution in [0, 0.1) is 11.6 Å². The Hall–Kier alpha value is -2.39. The van der Waals surface area contributed by atoms with Gasteiger partial charge in [0.1, 0.15) is 17.3 Å². The number of nitrogens with one attached hydrogen (secondary N) is 1. The molecule has 1 aliphatic rings. The van der Waals surface area contributed by atoms with E-state index in [9.17, 15) is 18.4 Å². The molecule has 2 amide bonds. The molecule has 0 aliphatic carbocycles. The van der Waals surface area contributed by atoms with Crippen LogP contribution in [0.2, 0.25) is 0 Å². The Morgan fingerprint density at radius 3 is 2.48 bits per heavy atom. The molecule has 2 heterocycles. The van der Waals surface area contributed by atoms with Gasteiger partial charge in [-0.25, -0.2) is 13.8 Å². The Bertz CT molecular complexity index is 829. The summed E-state index contributed by atoms with van der Waals surface area (Å²) in [4.78, 5) is 32.8. The van der Waals surface area contributed by atoms with Gasteiger partial charge in [-0.15, -0.1) is 11.3 Å². The quantitative estimate of drug-likeness (QED) is 0.866. The number of hydrogen-bond donors (Lipinski definition) is 1. The number of nitrogens with zero attached hydrogens (tertiary/aromatic N) is 3. The number of anilines is 1. The molecule has 0 bridgehead atoms. The molecule has 1 aliphatic heterocycles. The highest BCUT2D eigenvalue weighted by molar-refractivity contribution is 7.14. The fourth-order valence-electron chi connectivity index (χ4n) is 3.01. The molecule has 0 atom stereocenters. The summed E-state index contributed by atoms with van der Waals surface area (Å²) >= 11 is 1.09. The first-order chi connectivity index (χ1) is 12.8. The lowest BCUT2D eigenvalue weighted by molar-refractivity contribution is 0.0654. The molecule has 1 N–H and O–H groups in total. The van der Waals surface area contributed by atoms with Crippen LogP contribution in [0.1, 0.15) is 33.7 Å². The normalized spacial score (nSPS) is 15.6. The van der Waals surface area contributed by atoms with E-state index in [4.69, 9.17) is 0 Å². The van der Waals surface area contributed by atoms with Crippen LogP contribution < -0.4 is 5.32 Å². The van der Waals surface area contributed by atoms with Gasteiger partial charge in [0.05, 0.1) is 0 Å². The number of halogens is 2. The molecule has 0 saturated carbocycles. The van der Waals surface area contributed by atoms with Crippen LogP contribution in [0.4, 0.5) is 13.9 Å². The first-order valence-corrected chi connectivity index (χ1v) is 9.40. The lowest BCUT2D eigenvalue weighted by Gasteiger charge is -2.34. The minimum atomic E-state index is -0.838. The topological polar surface area (TPSA) is 65.5 Å². The fraction of sp³-hybridized carbons (Fsp3) is 0.389. The molecule has 144 valence electrons. The third kappa shape index (κ3) is 4.67. The van der Waals surface area contributed by atoms with Gasteiger partial charge in [-0.3, -0.25) is 14.9 Å². The minimum absolute atomic E-state index is 0.154. The monoisotopic (exact) mass is 394 g/mol. The SMILES string of the molecule is CN1CCC(N(C)C(=O)c2csc(NC(=O)c3cc(F)cc(F)c3)n2)CC1. The molecular weight excluding hydrogens is 374 g/mol. The van der Waals surface area contributed by atoms with Gasteiger partial charge in [0.15, 0.2) is 5.13 Å². The predicted octanol–water partition coefficient (Wildman–Crippen LogP) is 2.84. The van der Waals surface area contributed by atoms with Crippen LogP contribution in [0.3, 0.4) is 0 Å². The summed E-state index contributed by atoms with van der Waals surface area (Å²) in [6.45, 7) is 1.87. The zero-order chi connectivity index (χ0) is 19.6. The summed E-state index contributed by atoms with van der Waals surface area (Å²) in [5.74, 6) is -2.58. The first-order valence-electron chi connectivity index (χ1n) is 8.52. The van der Waals surface area contributed by atoms with Crippen molar-refractivity contribution >= 4 is 28.3 Å². The summed E-state index contributed by atoms with van der Waals surface area (Å²) < 4.78 is 26.5. The smallest absolute Gasteiger partial charge is 0.273 e. The minimum Gasteiger partial charge on any atom is -0.337 e. The molecule has 1 fully saturated rings. The van der Waals surface area contributed by atoms with Gasteiger partial charge >= 0.3 is 0 Å². The highest BCUT2D eigenvalue weighted by Crippen LogP contribution is 2.21. The second-order valence-electron chi connectivity index (χ2n) is 6.60. The van der Waals surface area contributed by atoms with Crippen LogP contribution >= 0.6 is 11.3 Å². The third-order valence-corrected chi connectivity index (χ3v) is 5.38. The van der Waals surface area contributed by atoms with E-state index in [1.54, 1.807) is 17.3 Å². The summed E-state index contributed by atoms with van der Waals surface area (Å²) in [5.41, 5.74) is 0.0844. The fourth-order valence-corrected chi connectivity index (χ4v) is 3.69. The van der Waals surface area contributed by atoms with E-state index in [-0.39, 0.29) is 28.3 Å². The lowest BCUT2D eigenvalue weighted by Crippen LogP contribution is -2.44. The number of hydrogen-bond acceptors (Lipinski definition) is 5. The zero-order valence-corrected chi connectivity index (χ0v) is 15.9. The number of carbonyl (C=O) groups excluding carboxylic acids is 2. The molecule has 0 radical (unpaired) electrons. The molecule has 1 saturated heterocycles. The number of rotatable bonds is 4. The van der Waals surface area contributed by atoms with Gasteiger partial charge in [-0.1, -0.05) is 0 Å². The Labute approximate surface area is 159 Å². The molecule has 0 spiro atoms. The van der Waals surface area contributed by atoms with E-state index < -0.39 is 17.5 Å². The van der Waals surface area contributed by atoms with Crippen molar-refractivity contribution in [1.29, 1.82) is 0 Å². The molecule has 9 heteroatoms. The average Bonchev–Trinajstić information content (AvgIpc) is 3.08. The van der Waals surface area contributed by atoms with Crippen molar-refractivity contribution in [2.24, 2.45) is 0 Å². The van der Waals surface area contributed by atoms with Crippen molar-refractivity contribution < 1.29 is 18.4 Å². The summed E-state index contributed by atoms with van der Waals surface area (Å²) in [6, 6.07) is 2.72. The number of thiazole rings is 1. The van der Waals surface area contributed by atoms with Gasteiger partial charge in [0, 0.05) is 30.1 Å². The molecule has 1 aromatic carbocycles. The Balaban J connectivity index is 1.65. The second-order valence-corrected chi connectivity index (χ2v) is 7.46. The molecule has 27 heavy (non-hydrogen) atoms. The van der Waals surface area contributed by atoms with Crippen LogP contribution in [-0.2, 0) is 0 Å². The Morgan fingerprint density at radius 1 is 1.22 bits per heavy atom. The van der Waals surface area contributed by atoms with Crippen LogP contribution in [-0.4, -0.2) is 59.8 Å². The van der Waals surface area contributed by atoms with Gasteiger partial charge in [0.25, 0.3) is 11.8 Å². The molecule has 1 aromatic heterocycles. The van der Waals surface area contributed by atoms with Crippen LogP contribution in [0.5, 0.6) is 0 Å². The number of likely N-dealkylation sites (tertiary alicyclic amines) is 1. The number of amides is 2. The van der Waals surface area contributed by atoms with Crippen molar-refractivity contribution in [2.75, 3.05) is 32.5 Å². The summed E-state index contributed by atoms with van der Waals surface area (Å²) in [7, 11) is 3.81. The van der Waals surface area contributed by atoms with Gasteiger partial charge < -0.3 is 9.80 Å². The molecule has 0 unspecified atom stereocenters. The van der Waals surface area contributed by atoms with Crippen molar-refractivity contribution in [2.45, 2.75) is 18.9 Å². The van der Waals surface area contributed by atoms with E-state index in [1.807, 2.05) is 0 Å². The van der Waals surface area contributed by atoms with Crippen molar-refractivity contribution in [3.05, 3.63) is 46.5 Å². The largest absolute Gasteiger partial charge is 0.337 e. The predicted molar refractivity (Wildman–Crippen MR) is 99.0 cm³/mol. The Kier molecular flexibility index (Phi) is 5.81. The highest BCUT2D eigenvalue weighted by atomic mass is 32.1. The first kappa shape index (κ1) is 19.4. The molecule has 2 aromatic rings. The standard InChI is InChI=1S/C18H20F2N4O2S/c1-23-5-3-14(4-6-23)24(2)17(26)15-10-27-18(21-15)22-16(25)11-7-12(19)9-13(20)8-11/h7-10,14H,3-6H2,1-2H3,(H,21,22,25). The van der Waals surface area contributed by atoms with Crippen LogP contribution in [0.15, 0.2) is 23.6 Å². The molecular formula is C18H20F2N4O2S. The highest BCUT2D eigenvalue weighted by Gasteiger charge is 2.26. The number of carbonyl (C=O) groups is 2. The zero-order valence-electron chi connectivity index (χ0n) is 15.0.